The van der Waals surface area contributed by atoms with Gasteiger partial charge in [0.15, 0.2) is 0 Å². The van der Waals surface area contributed by atoms with E-state index in [1.807, 2.05) is 0 Å². The number of nitrogens with zero attached hydrogens (tertiary/aromatic N) is 2. The summed E-state index contributed by atoms with van der Waals surface area (Å²) < 4.78 is 0. The molecule has 2 unspecified atom stereocenters. The van der Waals surface area contributed by atoms with E-state index in [0.717, 1.165) is 64.7 Å². The van der Waals surface area contributed by atoms with Crippen molar-refractivity contribution in [3.63, 3.8) is 0 Å². The van der Waals surface area contributed by atoms with Gasteiger partial charge in [-0.2, -0.15) is 0 Å². The van der Waals surface area contributed by atoms with E-state index in [1.54, 1.807) is 0 Å². The van der Waals surface area contributed by atoms with Gasteiger partial charge in [-0.25, -0.2) is 0 Å². The molecule has 0 aromatic heterocycles. The molecule has 2 heterocycles. The largest absolute Gasteiger partial charge is 0.354 e. The Hall–Kier alpha value is -1.92. The van der Waals surface area contributed by atoms with E-state index in [2.05, 4.69) is 57.7 Å². The molecule has 0 radical (unpaired) electrons. The monoisotopic (exact) mass is 400 g/mol. The Morgan fingerprint density at radius 3 is 2.83 bits per heavy atom. The van der Waals surface area contributed by atoms with Gasteiger partial charge in [0.05, 0.1) is 6.54 Å². The zero-order chi connectivity index (χ0) is 20.5. The number of piperidine rings is 1. The van der Waals surface area contributed by atoms with Crippen LogP contribution >= 0.6 is 0 Å². The molecule has 2 aliphatic rings. The lowest BCUT2D eigenvalue weighted by Gasteiger charge is -2.39. The topological polar surface area (TPSA) is 64.7 Å². The van der Waals surface area contributed by atoms with Gasteiger partial charge in [0.25, 0.3) is 0 Å². The quantitative estimate of drug-likeness (QED) is 0.702. The van der Waals surface area contributed by atoms with E-state index < -0.39 is 0 Å². The summed E-state index contributed by atoms with van der Waals surface area (Å²) in [6, 6.07) is 10.6. The molecule has 2 amide bonds. The molecule has 1 aromatic rings. The zero-order valence-corrected chi connectivity index (χ0v) is 17.7. The van der Waals surface area contributed by atoms with Gasteiger partial charge < -0.3 is 10.6 Å². The summed E-state index contributed by atoms with van der Waals surface area (Å²) in [5.41, 5.74) is 1.34. The predicted octanol–water partition coefficient (Wildman–Crippen LogP) is 2.15. The highest BCUT2D eigenvalue weighted by molar-refractivity contribution is 5.88. The Morgan fingerprint density at radius 1 is 1.21 bits per heavy atom. The molecule has 3 rings (SSSR count). The van der Waals surface area contributed by atoms with Crippen LogP contribution < -0.4 is 10.6 Å². The third-order valence-electron chi connectivity index (χ3n) is 5.97. The zero-order valence-electron chi connectivity index (χ0n) is 17.7. The third-order valence-corrected chi connectivity index (χ3v) is 5.97. The fourth-order valence-electron chi connectivity index (χ4n) is 4.49. The van der Waals surface area contributed by atoms with Gasteiger partial charge in [0, 0.05) is 25.7 Å². The van der Waals surface area contributed by atoms with Gasteiger partial charge in [-0.3, -0.25) is 19.4 Å². The van der Waals surface area contributed by atoms with Crippen LogP contribution in [0.5, 0.6) is 0 Å². The van der Waals surface area contributed by atoms with Crippen LogP contribution in [-0.2, 0) is 16.1 Å². The fourth-order valence-corrected chi connectivity index (χ4v) is 4.49. The molecule has 6 heteroatoms. The average Bonchev–Trinajstić information content (AvgIpc) is 2.93. The smallest absolute Gasteiger partial charge is 0.242 e. The second kappa shape index (κ2) is 11.3. The summed E-state index contributed by atoms with van der Waals surface area (Å²) >= 11 is 0. The van der Waals surface area contributed by atoms with E-state index in [0.29, 0.717) is 19.1 Å². The number of hydrogen-bond donors (Lipinski definition) is 2. The number of benzene rings is 1. The summed E-state index contributed by atoms with van der Waals surface area (Å²) in [7, 11) is 0. The molecule has 0 spiro atoms. The summed E-state index contributed by atoms with van der Waals surface area (Å²) in [6.45, 7) is 7.23. The van der Waals surface area contributed by atoms with Crippen LogP contribution in [0.4, 0.5) is 0 Å². The van der Waals surface area contributed by atoms with Crippen LogP contribution in [0.3, 0.4) is 0 Å². The molecule has 2 fully saturated rings. The van der Waals surface area contributed by atoms with Crippen molar-refractivity contribution in [2.45, 2.75) is 64.1 Å². The highest BCUT2D eigenvalue weighted by Crippen LogP contribution is 2.18. The number of rotatable bonds is 8. The van der Waals surface area contributed by atoms with E-state index in [1.165, 1.54) is 5.56 Å². The first-order valence-corrected chi connectivity index (χ1v) is 11.2. The molecule has 0 saturated carbocycles. The van der Waals surface area contributed by atoms with Gasteiger partial charge in [0.1, 0.15) is 6.04 Å². The van der Waals surface area contributed by atoms with Gasteiger partial charge in [-0.15, -0.1) is 0 Å². The molecular formula is C23H36N4O2. The van der Waals surface area contributed by atoms with Crippen molar-refractivity contribution in [2.75, 3.05) is 32.7 Å². The minimum Gasteiger partial charge on any atom is -0.354 e. The number of likely N-dealkylation sites (tertiary alicyclic amines) is 1. The molecular weight excluding hydrogens is 364 g/mol. The minimum atomic E-state index is -0.380. The maximum Gasteiger partial charge on any atom is 0.242 e. The van der Waals surface area contributed by atoms with Crippen LogP contribution in [0.15, 0.2) is 30.3 Å². The first-order valence-electron chi connectivity index (χ1n) is 11.2. The van der Waals surface area contributed by atoms with Crippen molar-refractivity contribution in [1.29, 1.82) is 0 Å². The number of nitrogens with one attached hydrogen (secondary N) is 2. The van der Waals surface area contributed by atoms with Crippen molar-refractivity contribution < 1.29 is 9.59 Å². The summed E-state index contributed by atoms with van der Waals surface area (Å²) in [5.74, 6) is -0.0646. The van der Waals surface area contributed by atoms with Crippen molar-refractivity contribution in [3.05, 3.63) is 35.9 Å². The summed E-state index contributed by atoms with van der Waals surface area (Å²) in [5, 5.41) is 5.88. The molecule has 1 aromatic carbocycles. The Balaban J connectivity index is 1.55. The van der Waals surface area contributed by atoms with Crippen molar-refractivity contribution in [3.8, 4) is 0 Å². The second-order valence-corrected chi connectivity index (χ2v) is 8.39. The number of hydrogen-bond acceptors (Lipinski definition) is 4. The standard InChI is InChI=1S/C23H36N4O2/c1-2-14-27(18-22(28)25-21-12-6-7-13-24-23(21)29)20-11-8-15-26(17-20)16-19-9-4-3-5-10-19/h3-5,9-10,20-21H,2,6-8,11-18H2,1H3,(H,24,29)(H,25,28). The van der Waals surface area contributed by atoms with Crippen molar-refractivity contribution >= 4 is 11.8 Å². The molecule has 2 aliphatic heterocycles. The first kappa shape index (κ1) is 21.8. The molecule has 160 valence electrons. The third kappa shape index (κ3) is 6.82. The second-order valence-electron chi connectivity index (χ2n) is 8.39. The lowest BCUT2D eigenvalue weighted by atomic mass is 10.0. The highest BCUT2D eigenvalue weighted by Gasteiger charge is 2.28. The van der Waals surface area contributed by atoms with Crippen LogP contribution in [0.2, 0.25) is 0 Å². The molecule has 6 nitrogen and oxygen atoms in total. The van der Waals surface area contributed by atoms with Gasteiger partial charge >= 0.3 is 0 Å². The highest BCUT2D eigenvalue weighted by atomic mass is 16.2. The molecule has 0 aliphatic carbocycles. The number of amides is 2. The number of carbonyl (C=O) groups excluding carboxylic acids is 2. The SMILES string of the molecule is CCCN(CC(=O)NC1CCCCNC1=O)C1CCCN(Cc2ccccc2)C1. The minimum absolute atomic E-state index is 0.0271. The molecule has 29 heavy (non-hydrogen) atoms. The van der Waals surface area contributed by atoms with E-state index in [-0.39, 0.29) is 17.9 Å². The average molecular weight is 401 g/mol. The normalized spacial score (nSPS) is 23.4. The van der Waals surface area contributed by atoms with Gasteiger partial charge in [-0.05, 0) is 57.2 Å². The van der Waals surface area contributed by atoms with Crippen molar-refractivity contribution in [1.82, 2.24) is 20.4 Å². The van der Waals surface area contributed by atoms with Crippen LogP contribution in [0.1, 0.15) is 51.0 Å². The summed E-state index contributed by atoms with van der Waals surface area (Å²) in [6.07, 6.45) is 6.00. The molecule has 2 N–H and O–H groups in total. The van der Waals surface area contributed by atoms with Gasteiger partial charge in [-0.1, -0.05) is 37.3 Å². The van der Waals surface area contributed by atoms with E-state index in [9.17, 15) is 9.59 Å². The Kier molecular flexibility index (Phi) is 8.50. The summed E-state index contributed by atoms with van der Waals surface area (Å²) in [4.78, 5) is 29.7. The predicted molar refractivity (Wildman–Crippen MR) is 115 cm³/mol. The maximum absolute atomic E-state index is 12.7. The van der Waals surface area contributed by atoms with Crippen molar-refractivity contribution in [2.24, 2.45) is 0 Å². The molecule has 2 saturated heterocycles. The maximum atomic E-state index is 12.7. The Bertz CT molecular complexity index is 652. The molecule has 0 bridgehead atoms. The molecule has 2 atom stereocenters. The lowest BCUT2D eigenvalue weighted by molar-refractivity contribution is -0.129. The lowest BCUT2D eigenvalue weighted by Crippen LogP contribution is -2.53. The van der Waals surface area contributed by atoms with E-state index in [4.69, 9.17) is 0 Å². The van der Waals surface area contributed by atoms with Crippen LogP contribution in [0.25, 0.3) is 0 Å². The van der Waals surface area contributed by atoms with Crippen LogP contribution in [-0.4, -0.2) is 66.4 Å². The first-order chi connectivity index (χ1) is 14.2. The number of carbonyl (C=O) groups is 2. The van der Waals surface area contributed by atoms with E-state index >= 15 is 0 Å². The van der Waals surface area contributed by atoms with Crippen LogP contribution in [0, 0.1) is 0 Å². The Labute approximate surface area is 175 Å². The Morgan fingerprint density at radius 2 is 2.03 bits per heavy atom. The van der Waals surface area contributed by atoms with Gasteiger partial charge in [0.2, 0.25) is 11.8 Å². The fraction of sp³-hybridized carbons (Fsp3) is 0.652.